The van der Waals surface area contributed by atoms with Crippen LogP contribution in [0.3, 0.4) is 0 Å². The van der Waals surface area contributed by atoms with Gasteiger partial charge in [-0.3, -0.25) is 4.79 Å². The van der Waals surface area contributed by atoms with Crippen LogP contribution in [0.1, 0.15) is 24.2 Å². The molecular weight excluding hydrogens is 273 g/mol. The number of nitrogens with zero attached hydrogens (tertiary/aromatic N) is 1. The van der Waals surface area contributed by atoms with E-state index >= 15 is 0 Å². The van der Waals surface area contributed by atoms with E-state index in [2.05, 4.69) is 13.8 Å². The third-order valence-corrected chi connectivity index (χ3v) is 4.33. The number of rotatable bonds is 1. The molecule has 1 fully saturated rings. The monoisotopic (exact) mass is 287 g/mol. The Kier molecular flexibility index (Phi) is 4.17. The number of amides is 1. The second-order valence-electron chi connectivity index (χ2n) is 4.59. The smallest absolute Gasteiger partial charge is 0.256 e. The number of thioether (sulfide) groups is 1. The quantitative estimate of drug-likeness (QED) is 0.788. The first-order chi connectivity index (χ1) is 8.47. The topological polar surface area (TPSA) is 20.3 Å². The maximum atomic E-state index is 13.7. The number of carbonyl (C=O) groups is 1. The summed E-state index contributed by atoms with van der Waals surface area (Å²) in [7, 11) is 0. The standard InChI is InChI=1S/C13H15ClFNOS/c1-8-6-16(7-9(2)18-8)13(17)11-5-10(14)3-4-12(11)15/h3-5,8-9H,6-7H2,1-2H3. The van der Waals surface area contributed by atoms with Crippen molar-refractivity contribution in [1.82, 2.24) is 4.90 Å². The lowest BCUT2D eigenvalue weighted by Crippen LogP contribution is -2.44. The van der Waals surface area contributed by atoms with Gasteiger partial charge in [0, 0.05) is 28.6 Å². The summed E-state index contributed by atoms with van der Waals surface area (Å²) in [5.41, 5.74) is 0.0637. The van der Waals surface area contributed by atoms with E-state index in [9.17, 15) is 9.18 Å². The van der Waals surface area contributed by atoms with Crippen molar-refractivity contribution in [2.75, 3.05) is 13.1 Å². The maximum absolute atomic E-state index is 13.7. The summed E-state index contributed by atoms with van der Waals surface area (Å²) in [5.74, 6) is -0.781. The molecule has 0 bridgehead atoms. The van der Waals surface area contributed by atoms with Crippen molar-refractivity contribution in [3.05, 3.63) is 34.6 Å². The Hall–Kier alpha value is -0.740. The predicted molar refractivity (Wildman–Crippen MR) is 73.8 cm³/mol. The zero-order valence-electron chi connectivity index (χ0n) is 10.3. The van der Waals surface area contributed by atoms with Crippen LogP contribution in [-0.2, 0) is 0 Å². The number of carbonyl (C=O) groups excluding carboxylic acids is 1. The minimum Gasteiger partial charge on any atom is -0.336 e. The summed E-state index contributed by atoms with van der Waals surface area (Å²) in [6, 6.07) is 4.09. The van der Waals surface area contributed by atoms with Gasteiger partial charge in [-0.15, -0.1) is 0 Å². The van der Waals surface area contributed by atoms with E-state index in [0.29, 0.717) is 28.6 Å². The van der Waals surface area contributed by atoms with E-state index < -0.39 is 5.82 Å². The van der Waals surface area contributed by atoms with Gasteiger partial charge in [0.25, 0.3) is 5.91 Å². The van der Waals surface area contributed by atoms with Crippen molar-refractivity contribution in [2.45, 2.75) is 24.3 Å². The first kappa shape index (κ1) is 13.7. The fraction of sp³-hybridized carbons (Fsp3) is 0.462. The molecule has 2 unspecified atom stereocenters. The van der Waals surface area contributed by atoms with Crippen molar-refractivity contribution in [3.8, 4) is 0 Å². The zero-order valence-corrected chi connectivity index (χ0v) is 11.9. The number of hydrogen-bond acceptors (Lipinski definition) is 2. The molecule has 5 heteroatoms. The molecule has 1 aromatic rings. The Morgan fingerprint density at radius 3 is 2.61 bits per heavy atom. The highest BCUT2D eigenvalue weighted by atomic mass is 35.5. The van der Waals surface area contributed by atoms with E-state index in [4.69, 9.17) is 11.6 Å². The molecule has 2 atom stereocenters. The fourth-order valence-electron chi connectivity index (χ4n) is 2.18. The Balaban J connectivity index is 2.22. The molecule has 1 amide bonds. The molecule has 0 spiro atoms. The molecular formula is C13H15ClFNOS. The van der Waals surface area contributed by atoms with E-state index in [0.717, 1.165) is 0 Å². The van der Waals surface area contributed by atoms with Crippen LogP contribution in [0.4, 0.5) is 4.39 Å². The summed E-state index contributed by atoms with van der Waals surface area (Å²) < 4.78 is 13.7. The minimum absolute atomic E-state index is 0.0637. The Labute approximate surface area is 115 Å². The zero-order chi connectivity index (χ0) is 13.3. The average molecular weight is 288 g/mol. The molecule has 98 valence electrons. The van der Waals surface area contributed by atoms with Gasteiger partial charge in [0.2, 0.25) is 0 Å². The molecule has 0 N–H and O–H groups in total. The van der Waals surface area contributed by atoms with Crippen LogP contribution in [0.2, 0.25) is 5.02 Å². The average Bonchev–Trinajstić information content (AvgIpc) is 2.30. The van der Waals surface area contributed by atoms with Gasteiger partial charge in [0.1, 0.15) is 5.82 Å². The second kappa shape index (κ2) is 5.49. The van der Waals surface area contributed by atoms with Gasteiger partial charge in [0.05, 0.1) is 5.56 Å². The molecule has 1 saturated heterocycles. The Morgan fingerprint density at radius 2 is 2.00 bits per heavy atom. The van der Waals surface area contributed by atoms with Crippen LogP contribution in [0.25, 0.3) is 0 Å². The summed E-state index contributed by atoms with van der Waals surface area (Å²) >= 11 is 7.67. The molecule has 2 nitrogen and oxygen atoms in total. The van der Waals surface area contributed by atoms with Crippen molar-refractivity contribution in [1.29, 1.82) is 0 Å². The minimum atomic E-state index is -0.511. The van der Waals surface area contributed by atoms with Crippen molar-refractivity contribution in [2.24, 2.45) is 0 Å². The van der Waals surface area contributed by atoms with Gasteiger partial charge in [0.15, 0.2) is 0 Å². The van der Waals surface area contributed by atoms with Gasteiger partial charge in [-0.1, -0.05) is 25.4 Å². The molecule has 0 aliphatic carbocycles. The largest absolute Gasteiger partial charge is 0.336 e. The van der Waals surface area contributed by atoms with Gasteiger partial charge < -0.3 is 4.90 Å². The van der Waals surface area contributed by atoms with Crippen LogP contribution in [-0.4, -0.2) is 34.4 Å². The molecule has 1 aromatic carbocycles. The molecule has 0 aromatic heterocycles. The van der Waals surface area contributed by atoms with Crippen LogP contribution in [0.15, 0.2) is 18.2 Å². The summed E-state index contributed by atoms with van der Waals surface area (Å²) in [6.45, 7) is 5.46. The normalized spacial score (nSPS) is 24.1. The number of benzene rings is 1. The predicted octanol–water partition coefficient (Wildman–Crippen LogP) is 3.45. The SMILES string of the molecule is CC1CN(C(=O)c2cc(Cl)ccc2F)CC(C)S1. The third-order valence-electron chi connectivity index (χ3n) is 2.87. The molecule has 2 rings (SSSR count). The number of hydrogen-bond donors (Lipinski definition) is 0. The van der Waals surface area contributed by atoms with Crippen LogP contribution >= 0.6 is 23.4 Å². The van der Waals surface area contributed by atoms with Crippen LogP contribution in [0, 0.1) is 5.82 Å². The van der Waals surface area contributed by atoms with Gasteiger partial charge in [-0.05, 0) is 18.2 Å². The molecule has 1 heterocycles. The summed E-state index contributed by atoms with van der Waals surface area (Å²) in [4.78, 5) is 14.0. The van der Waals surface area contributed by atoms with Crippen LogP contribution in [0.5, 0.6) is 0 Å². The Morgan fingerprint density at radius 1 is 1.39 bits per heavy atom. The lowest BCUT2D eigenvalue weighted by molar-refractivity contribution is 0.0748. The van der Waals surface area contributed by atoms with Crippen molar-refractivity contribution >= 4 is 29.3 Å². The van der Waals surface area contributed by atoms with Gasteiger partial charge >= 0.3 is 0 Å². The van der Waals surface area contributed by atoms with E-state index in [1.807, 2.05) is 11.8 Å². The summed E-state index contributed by atoms with van der Waals surface area (Å²) in [5, 5.41) is 1.13. The van der Waals surface area contributed by atoms with E-state index in [1.54, 1.807) is 4.90 Å². The maximum Gasteiger partial charge on any atom is 0.256 e. The third kappa shape index (κ3) is 2.98. The fourth-order valence-corrected chi connectivity index (χ4v) is 3.67. The van der Waals surface area contributed by atoms with Crippen molar-refractivity contribution in [3.63, 3.8) is 0 Å². The molecule has 1 aliphatic heterocycles. The molecule has 18 heavy (non-hydrogen) atoms. The van der Waals surface area contributed by atoms with Crippen LogP contribution < -0.4 is 0 Å². The second-order valence-corrected chi connectivity index (χ2v) is 6.91. The highest BCUT2D eigenvalue weighted by Crippen LogP contribution is 2.26. The number of halogens is 2. The molecule has 0 saturated carbocycles. The Bertz CT molecular complexity index is 458. The van der Waals surface area contributed by atoms with E-state index in [-0.39, 0.29) is 11.5 Å². The summed E-state index contributed by atoms with van der Waals surface area (Å²) in [6.07, 6.45) is 0. The highest BCUT2D eigenvalue weighted by Gasteiger charge is 2.27. The van der Waals surface area contributed by atoms with Crippen molar-refractivity contribution < 1.29 is 9.18 Å². The molecule has 0 radical (unpaired) electrons. The highest BCUT2D eigenvalue weighted by molar-refractivity contribution is 8.00. The van der Waals surface area contributed by atoms with E-state index in [1.165, 1.54) is 18.2 Å². The lowest BCUT2D eigenvalue weighted by Gasteiger charge is -2.34. The lowest BCUT2D eigenvalue weighted by atomic mass is 10.1. The molecule has 1 aliphatic rings. The van der Waals surface area contributed by atoms with Gasteiger partial charge in [-0.25, -0.2) is 4.39 Å². The first-order valence-electron chi connectivity index (χ1n) is 5.87. The van der Waals surface area contributed by atoms with Gasteiger partial charge in [-0.2, -0.15) is 11.8 Å². The first-order valence-corrected chi connectivity index (χ1v) is 7.19.